The molecule has 18 heavy (non-hydrogen) atoms. The number of benzene rings is 1. The lowest BCUT2D eigenvalue weighted by Gasteiger charge is -2.03. The quantitative estimate of drug-likeness (QED) is 0.816. The van der Waals surface area contributed by atoms with Crippen molar-refractivity contribution in [1.82, 2.24) is 9.78 Å². The first-order chi connectivity index (χ1) is 8.67. The fourth-order valence-electron chi connectivity index (χ4n) is 1.71. The van der Waals surface area contributed by atoms with Gasteiger partial charge in [-0.3, -0.25) is 4.68 Å². The second-order valence-corrected chi connectivity index (χ2v) is 4.07. The standard InChI is InChI=1S/C14H14FN3/c1-11-8-17-18(9-11)10-13-5-12(3-2-4-16)6-14(15)7-13/h5-9H,4,10,16H2,1H3. The van der Waals surface area contributed by atoms with E-state index in [1.54, 1.807) is 10.9 Å². The number of hydrogen-bond donors (Lipinski definition) is 1. The minimum atomic E-state index is -0.294. The molecule has 1 heterocycles. The summed E-state index contributed by atoms with van der Waals surface area (Å²) in [7, 11) is 0. The third-order valence-electron chi connectivity index (χ3n) is 2.40. The Labute approximate surface area is 105 Å². The van der Waals surface area contributed by atoms with Gasteiger partial charge in [0.1, 0.15) is 5.82 Å². The first-order valence-electron chi connectivity index (χ1n) is 5.65. The summed E-state index contributed by atoms with van der Waals surface area (Å²) >= 11 is 0. The molecule has 0 fully saturated rings. The van der Waals surface area contributed by atoms with E-state index in [0.29, 0.717) is 12.1 Å². The van der Waals surface area contributed by atoms with Gasteiger partial charge in [0, 0.05) is 11.8 Å². The van der Waals surface area contributed by atoms with Crippen molar-refractivity contribution < 1.29 is 4.39 Å². The first-order valence-corrected chi connectivity index (χ1v) is 5.65. The number of nitrogens with two attached hydrogens (primary N) is 1. The Morgan fingerprint density at radius 2 is 2.22 bits per heavy atom. The van der Waals surface area contributed by atoms with Crippen LogP contribution in [0.25, 0.3) is 0 Å². The molecule has 1 aromatic carbocycles. The zero-order chi connectivity index (χ0) is 13.0. The average Bonchev–Trinajstić information content (AvgIpc) is 2.71. The zero-order valence-electron chi connectivity index (χ0n) is 10.2. The van der Waals surface area contributed by atoms with Gasteiger partial charge < -0.3 is 5.73 Å². The molecule has 0 spiro atoms. The molecule has 0 aliphatic rings. The Morgan fingerprint density at radius 1 is 1.39 bits per heavy atom. The topological polar surface area (TPSA) is 43.8 Å². The van der Waals surface area contributed by atoms with Crippen molar-refractivity contribution in [2.75, 3.05) is 6.54 Å². The summed E-state index contributed by atoms with van der Waals surface area (Å²) in [6.07, 6.45) is 3.69. The smallest absolute Gasteiger partial charge is 0.124 e. The van der Waals surface area contributed by atoms with E-state index < -0.39 is 0 Å². The number of aryl methyl sites for hydroxylation is 1. The molecule has 0 bridgehead atoms. The second-order valence-electron chi connectivity index (χ2n) is 4.07. The van der Waals surface area contributed by atoms with Gasteiger partial charge in [-0.05, 0) is 36.2 Å². The van der Waals surface area contributed by atoms with E-state index in [1.165, 1.54) is 12.1 Å². The molecule has 0 saturated heterocycles. The van der Waals surface area contributed by atoms with Crippen LogP contribution in [0.2, 0.25) is 0 Å². The van der Waals surface area contributed by atoms with E-state index >= 15 is 0 Å². The normalized spacial score (nSPS) is 9.94. The van der Waals surface area contributed by atoms with Gasteiger partial charge in [0.2, 0.25) is 0 Å². The molecule has 2 rings (SSSR count). The van der Waals surface area contributed by atoms with Gasteiger partial charge in [0.05, 0.1) is 19.3 Å². The van der Waals surface area contributed by atoms with Crippen LogP contribution in [0.15, 0.2) is 30.6 Å². The van der Waals surface area contributed by atoms with Crippen molar-refractivity contribution in [3.63, 3.8) is 0 Å². The van der Waals surface area contributed by atoms with Crippen molar-refractivity contribution in [3.8, 4) is 11.8 Å². The Morgan fingerprint density at radius 3 is 2.89 bits per heavy atom. The lowest BCUT2D eigenvalue weighted by atomic mass is 10.1. The van der Waals surface area contributed by atoms with E-state index in [9.17, 15) is 4.39 Å². The predicted octanol–water partition coefficient (Wildman–Crippen LogP) is 1.69. The largest absolute Gasteiger partial charge is 0.320 e. The van der Waals surface area contributed by atoms with E-state index in [2.05, 4.69) is 16.9 Å². The monoisotopic (exact) mass is 243 g/mol. The molecule has 1 aromatic heterocycles. The van der Waals surface area contributed by atoms with Crippen LogP contribution in [0.3, 0.4) is 0 Å². The molecule has 0 saturated carbocycles. The van der Waals surface area contributed by atoms with Crippen molar-refractivity contribution in [2.24, 2.45) is 5.73 Å². The van der Waals surface area contributed by atoms with E-state index in [-0.39, 0.29) is 12.4 Å². The SMILES string of the molecule is Cc1cnn(Cc2cc(F)cc(C#CCN)c2)c1. The molecule has 2 aromatic rings. The molecule has 92 valence electrons. The summed E-state index contributed by atoms with van der Waals surface area (Å²) in [5, 5.41) is 4.17. The number of halogens is 1. The molecule has 0 aliphatic carbocycles. The maximum absolute atomic E-state index is 13.4. The van der Waals surface area contributed by atoms with Gasteiger partial charge in [-0.2, -0.15) is 5.10 Å². The minimum Gasteiger partial charge on any atom is -0.320 e. The molecule has 0 amide bonds. The summed E-state index contributed by atoms with van der Waals surface area (Å²) in [4.78, 5) is 0. The first kappa shape index (κ1) is 12.3. The Balaban J connectivity index is 2.25. The van der Waals surface area contributed by atoms with Crippen LogP contribution in [0.1, 0.15) is 16.7 Å². The second kappa shape index (κ2) is 5.48. The van der Waals surface area contributed by atoms with Gasteiger partial charge in [-0.1, -0.05) is 11.8 Å². The lowest BCUT2D eigenvalue weighted by Crippen LogP contribution is -2.01. The zero-order valence-corrected chi connectivity index (χ0v) is 10.2. The summed E-state index contributed by atoms with van der Waals surface area (Å²) in [5.74, 6) is 5.25. The van der Waals surface area contributed by atoms with Crippen LogP contribution in [0.5, 0.6) is 0 Å². The Kier molecular flexibility index (Phi) is 3.75. The van der Waals surface area contributed by atoms with Gasteiger partial charge in [-0.25, -0.2) is 4.39 Å². The highest BCUT2D eigenvalue weighted by atomic mass is 19.1. The molecule has 3 nitrogen and oxygen atoms in total. The maximum Gasteiger partial charge on any atom is 0.124 e. The number of aromatic nitrogens is 2. The average molecular weight is 243 g/mol. The van der Waals surface area contributed by atoms with Gasteiger partial charge >= 0.3 is 0 Å². The highest BCUT2D eigenvalue weighted by Gasteiger charge is 2.01. The van der Waals surface area contributed by atoms with Gasteiger partial charge in [0.15, 0.2) is 0 Å². The van der Waals surface area contributed by atoms with E-state index in [0.717, 1.165) is 11.1 Å². The van der Waals surface area contributed by atoms with Crippen LogP contribution >= 0.6 is 0 Å². The minimum absolute atomic E-state index is 0.268. The van der Waals surface area contributed by atoms with Crippen molar-refractivity contribution in [3.05, 3.63) is 53.1 Å². The van der Waals surface area contributed by atoms with Gasteiger partial charge in [0.25, 0.3) is 0 Å². The van der Waals surface area contributed by atoms with E-state index in [1.807, 2.05) is 19.2 Å². The molecule has 0 radical (unpaired) electrons. The van der Waals surface area contributed by atoms with Crippen molar-refractivity contribution in [1.29, 1.82) is 0 Å². The summed E-state index contributed by atoms with van der Waals surface area (Å²) < 4.78 is 15.2. The third-order valence-corrected chi connectivity index (χ3v) is 2.40. The van der Waals surface area contributed by atoms with Gasteiger partial charge in [-0.15, -0.1) is 0 Å². The van der Waals surface area contributed by atoms with E-state index in [4.69, 9.17) is 5.73 Å². The highest BCUT2D eigenvalue weighted by molar-refractivity contribution is 5.38. The molecule has 0 unspecified atom stereocenters. The summed E-state index contributed by atoms with van der Waals surface area (Å²) in [6.45, 7) is 2.76. The summed E-state index contributed by atoms with van der Waals surface area (Å²) in [6, 6.07) is 4.74. The maximum atomic E-state index is 13.4. The Bertz CT molecular complexity index is 605. The van der Waals surface area contributed by atoms with Crippen molar-refractivity contribution >= 4 is 0 Å². The third kappa shape index (κ3) is 3.19. The van der Waals surface area contributed by atoms with Crippen LogP contribution < -0.4 is 5.73 Å². The number of hydrogen-bond acceptors (Lipinski definition) is 2. The van der Waals surface area contributed by atoms with Crippen LogP contribution in [0.4, 0.5) is 4.39 Å². The molecule has 2 N–H and O–H groups in total. The van der Waals surface area contributed by atoms with Crippen LogP contribution in [-0.2, 0) is 6.54 Å². The summed E-state index contributed by atoms with van der Waals surface area (Å²) in [5.41, 5.74) is 7.85. The molecular formula is C14H14FN3. The highest BCUT2D eigenvalue weighted by Crippen LogP contribution is 2.10. The number of rotatable bonds is 2. The molecular weight excluding hydrogens is 229 g/mol. The number of nitrogens with zero attached hydrogens (tertiary/aromatic N) is 2. The Hall–Kier alpha value is -2.12. The molecule has 4 heteroatoms. The fraction of sp³-hybridized carbons (Fsp3) is 0.214. The van der Waals surface area contributed by atoms with Crippen molar-refractivity contribution in [2.45, 2.75) is 13.5 Å². The predicted molar refractivity (Wildman–Crippen MR) is 68.4 cm³/mol. The molecule has 0 aliphatic heterocycles. The van der Waals surface area contributed by atoms with Crippen LogP contribution in [-0.4, -0.2) is 16.3 Å². The van der Waals surface area contributed by atoms with Crippen LogP contribution in [0, 0.1) is 24.6 Å². The fourth-order valence-corrected chi connectivity index (χ4v) is 1.71. The lowest BCUT2D eigenvalue weighted by molar-refractivity contribution is 0.618. The molecule has 0 atom stereocenters.